The second-order valence-corrected chi connectivity index (χ2v) is 6.19. The zero-order valence-electron chi connectivity index (χ0n) is 12.9. The maximum Gasteiger partial charge on any atom is 0.0847 e. The van der Waals surface area contributed by atoms with Gasteiger partial charge in [0.1, 0.15) is 0 Å². The summed E-state index contributed by atoms with van der Waals surface area (Å²) in [6.07, 6.45) is 5.00. The van der Waals surface area contributed by atoms with Crippen LogP contribution < -0.4 is 5.32 Å². The summed E-state index contributed by atoms with van der Waals surface area (Å²) < 4.78 is 7.54. The monoisotopic (exact) mass is 299 g/mol. The van der Waals surface area contributed by atoms with Crippen molar-refractivity contribution in [2.75, 3.05) is 13.7 Å². The molecule has 0 amide bonds. The number of nitrogens with zero attached hydrogens (tertiary/aromatic N) is 2. The van der Waals surface area contributed by atoms with Crippen molar-refractivity contribution < 1.29 is 4.74 Å². The second kappa shape index (κ2) is 6.92. The van der Waals surface area contributed by atoms with E-state index in [2.05, 4.69) is 17.3 Å². The highest BCUT2D eigenvalue weighted by atomic mass is 35.5. The van der Waals surface area contributed by atoms with Gasteiger partial charge >= 0.3 is 0 Å². The molecule has 0 radical (unpaired) electrons. The molecule has 1 aromatic rings. The number of hydrogen-bond acceptors (Lipinski definition) is 3. The Labute approximate surface area is 126 Å². The summed E-state index contributed by atoms with van der Waals surface area (Å²) in [7, 11) is 4.00. The standard InChI is InChI=1S/C15H26ClN3O/c1-5-20-13-7-11(8-13)6-12(17-3)9-14-15(16)10(2)18-19(14)4/h11-13,17H,5-9H2,1-4H3. The molecular weight excluding hydrogens is 274 g/mol. The minimum atomic E-state index is 0.454. The minimum absolute atomic E-state index is 0.454. The lowest BCUT2D eigenvalue weighted by Gasteiger charge is -2.37. The van der Waals surface area contributed by atoms with Crippen molar-refractivity contribution in [2.24, 2.45) is 13.0 Å². The Bertz CT molecular complexity index is 441. The van der Waals surface area contributed by atoms with Gasteiger partial charge in [-0.25, -0.2) is 0 Å². The zero-order valence-corrected chi connectivity index (χ0v) is 13.7. The highest BCUT2D eigenvalue weighted by Gasteiger charge is 2.31. The molecule has 2 rings (SSSR count). The first-order valence-corrected chi connectivity index (χ1v) is 7.89. The Morgan fingerprint density at radius 3 is 2.70 bits per heavy atom. The van der Waals surface area contributed by atoms with Crippen molar-refractivity contribution >= 4 is 11.6 Å². The Morgan fingerprint density at radius 2 is 2.20 bits per heavy atom. The van der Waals surface area contributed by atoms with Gasteiger partial charge in [0.2, 0.25) is 0 Å². The minimum Gasteiger partial charge on any atom is -0.378 e. The predicted octanol–water partition coefficient (Wildman–Crippen LogP) is 2.72. The molecule has 1 heterocycles. The Kier molecular flexibility index (Phi) is 5.47. The first kappa shape index (κ1) is 15.8. The molecule has 4 nitrogen and oxygen atoms in total. The molecule has 1 fully saturated rings. The molecule has 0 aromatic carbocycles. The number of hydrogen-bond donors (Lipinski definition) is 1. The van der Waals surface area contributed by atoms with E-state index in [9.17, 15) is 0 Å². The summed E-state index contributed by atoms with van der Waals surface area (Å²) in [6.45, 7) is 4.85. The van der Waals surface area contributed by atoms with Crippen molar-refractivity contribution in [3.63, 3.8) is 0 Å². The fraction of sp³-hybridized carbons (Fsp3) is 0.800. The number of ether oxygens (including phenoxy) is 1. The van der Waals surface area contributed by atoms with E-state index >= 15 is 0 Å². The molecule has 5 heteroatoms. The molecule has 1 N–H and O–H groups in total. The van der Waals surface area contributed by atoms with Crippen LogP contribution in [0.25, 0.3) is 0 Å². The van der Waals surface area contributed by atoms with E-state index in [0.29, 0.717) is 12.1 Å². The van der Waals surface area contributed by atoms with Gasteiger partial charge in [0.25, 0.3) is 0 Å². The highest BCUT2D eigenvalue weighted by Crippen LogP contribution is 2.34. The van der Waals surface area contributed by atoms with E-state index in [4.69, 9.17) is 16.3 Å². The van der Waals surface area contributed by atoms with Crippen LogP contribution in [-0.2, 0) is 18.2 Å². The van der Waals surface area contributed by atoms with E-state index in [1.165, 1.54) is 19.3 Å². The lowest BCUT2D eigenvalue weighted by molar-refractivity contribution is -0.0288. The average Bonchev–Trinajstić information content (AvgIpc) is 2.61. The summed E-state index contributed by atoms with van der Waals surface area (Å²) in [5.41, 5.74) is 2.04. The molecule has 1 aliphatic rings. The molecule has 0 aliphatic heterocycles. The van der Waals surface area contributed by atoms with Crippen LogP contribution in [0, 0.1) is 12.8 Å². The number of rotatable bonds is 7. The fourth-order valence-electron chi connectivity index (χ4n) is 3.08. The Hall–Kier alpha value is -0.580. The number of aromatic nitrogens is 2. The van der Waals surface area contributed by atoms with Gasteiger partial charge in [-0.05, 0) is 46.1 Å². The Morgan fingerprint density at radius 1 is 1.50 bits per heavy atom. The van der Waals surface area contributed by atoms with Crippen molar-refractivity contribution in [2.45, 2.75) is 51.7 Å². The average molecular weight is 300 g/mol. The van der Waals surface area contributed by atoms with Crippen LogP contribution in [0.1, 0.15) is 37.6 Å². The quantitative estimate of drug-likeness (QED) is 0.841. The number of likely N-dealkylation sites (N-methyl/N-ethyl adjacent to an activating group) is 1. The summed E-state index contributed by atoms with van der Waals surface area (Å²) in [4.78, 5) is 0. The lowest BCUT2D eigenvalue weighted by Crippen LogP contribution is -2.38. The van der Waals surface area contributed by atoms with Crippen molar-refractivity contribution in [3.05, 3.63) is 16.4 Å². The number of halogens is 1. The van der Waals surface area contributed by atoms with Crippen molar-refractivity contribution in [3.8, 4) is 0 Å². The highest BCUT2D eigenvalue weighted by molar-refractivity contribution is 6.31. The van der Waals surface area contributed by atoms with E-state index < -0.39 is 0 Å². The summed E-state index contributed by atoms with van der Waals surface area (Å²) in [5, 5.41) is 8.62. The van der Waals surface area contributed by atoms with Crippen molar-refractivity contribution in [1.29, 1.82) is 0 Å². The first-order chi connectivity index (χ1) is 9.55. The van der Waals surface area contributed by atoms with E-state index in [0.717, 1.165) is 35.4 Å². The molecule has 20 heavy (non-hydrogen) atoms. The van der Waals surface area contributed by atoms with Gasteiger partial charge in [0.05, 0.1) is 22.5 Å². The molecule has 1 unspecified atom stereocenters. The first-order valence-electron chi connectivity index (χ1n) is 7.51. The Balaban J connectivity index is 1.87. The predicted molar refractivity (Wildman–Crippen MR) is 82.3 cm³/mol. The smallest absolute Gasteiger partial charge is 0.0847 e. The molecule has 114 valence electrons. The van der Waals surface area contributed by atoms with E-state index in [1.54, 1.807) is 0 Å². The molecule has 1 saturated carbocycles. The molecule has 0 bridgehead atoms. The van der Waals surface area contributed by atoms with Gasteiger partial charge < -0.3 is 10.1 Å². The zero-order chi connectivity index (χ0) is 14.7. The SMILES string of the molecule is CCOC1CC(CC(Cc2c(Cl)c(C)nn2C)NC)C1. The van der Waals surface area contributed by atoms with Gasteiger partial charge in [-0.15, -0.1) is 0 Å². The van der Waals surface area contributed by atoms with E-state index in [-0.39, 0.29) is 0 Å². The topological polar surface area (TPSA) is 39.1 Å². The van der Waals surface area contributed by atoms with E-state index in [1.807, 2.05) is 25.7 Å². The van der Waals surface area contributed by atoms with Crippen LogP contribution in [-0.4, -0.2) is 35.6 Å². The van der Waals surface area contributed by atoms with Crippen LogP contribution in [0.2, 0.25) is 5.02 Å². The molecule has 1 atom stereocenters. The molecule has 0 saturated heterocycles. The van der Waals surface area contributed by atoms with Crippen molar-refractivity contribution in [1.82, 2.24) is 15.1 Å². The fourth-order valence-corrected chi connectivity index (χ4v) is 3.32. The van der Waals surface area contributed by atoms with Gasteiger partial charge in [-0.2, -0.15) is 5.10 Å². The molecular formula is C15H26ClN3O. The van der Waals surface area contributed by atoms with Crippen LogP contribution in [0.5, 0.6) is 0 Å². The number of aryl methyl sites for hydroxylation is 2. The van der Waals surface area contributed by atoms with Gasteiger partial charge in [0, 0.05) is 26.1 Å². The number of nitrogens with one attached hydrogen (secondary N) is 1. The van der Waals surface area contributed by atoms with Crippen LogP contribution in [0.4, 0.5) is 0 Å². The normalized spacial score (nSPS) is 23.6. The van der Waals surface area contributed by atoms with Gasteiger partial charge in [-0.3, -0.25) is 4.68 Å². The molecule has 1 aliphatic carbocycles. The van der Waals surface area contributed by atoms with Crippen LogP contribution in [0.3, 0.4) is 0 Å². The summed E-state index contributed by atoms with van der Waals surface area (Å²) >= 11 is 6.33. The molecule has 0 spiro atoms. The van der Waals surface area contributed by atoms with Gasteiger partial charge in [0.15, 0.2) is 0 Å². The molecule has 1 aromatic heterocycles. The summed E-state index contributed by atoms with van der Waals surface area (Å²) in [5.74, 6) is 0.775. The summed E-state index contributed by atoms with van der Waals surface area (Å²) in [6, 6.07) is 0.454. The largest absolute Gasteiger partial charge is 0.378 e. The second-order valence-electron chi connectivity index (χ2n) is 5.81. The third-order valence-corrected chi connectivity index (χ3v) is 4.81. The van der Waals surface area contributed by atoms with Crippen LogP contribution in [0.15, 0.2) is 0 Å². The third kappa shape index (κ3) is 3.54. The third-order valence-electron chi connectivity index (χ3n) is 4.32. The lowest BCUT2D eigenvalue weighted by atomic mass is 9.77. The maximum atomic E-state index is 6.33. The maximum absolute atomic E-state index is 6.33. The van der Waals surface area contributed by atoms with Gasteiger partial charge in [-0.1, -0.05) is 11.6 Å². The van der Waals surface area contributed by atoms with Crippen LogP contribution >= 0.6 is 11.6 Å².